The van der Waals surface area contributed by atoms with E-state index >= 15 is 0 Å². The Morgan fingerprint density at radius 2 is 1.88 bits per heavy atom. The Bertz CT molecular complexity index is 478. The molecule has 96 valence electrons. The first-order valence-corrected chi connectivity index (χ1v) is 6.45. The van der Waals surface area contributed by atoms with Crippen LogP contribution in [-0.4, -0.2) is 31.9 Å². The zero-order chi connectivity index (χ0) is 11.8. The summed E-state index contributed by atoms with van der Waals surface area (Å²) in [5.74, 6) is -0.447. The average Bonchev–Trinajstić information content (AvgIpc) is 2.66. The van der Waals surface area contributed by atoms with Crippen molar-refractivity contribution >= 4 is 22.4 Å². The number of benzene rings is 1. The summed E-state index contributed by atoms with van der Waals surface area (Å²) < 4.78 is 38.1. The fraction of sp³-hybridized carbons (Fsp3) is 0.400. The minimum absolute atomic E-state index is 0. The molecule has 1 saturated heterocycles. The highest BCUT2D eigenvalue weighted by atomic mass is 35.5. The van der Waals surface area contributed by atoms with Crippen LogP contribution in [0.3, 0.4) is 0 Å². The molecule has 2 N–H and O–H groups in total. The van der Waals surface area contributed by atoms with Crippen LogP contribution in [0.5, 0.6) is 0 Å². The first-order valence-electron chi connectivity index (χ1n) is 5.01. The summed E-state index contributed by atoms with van der Waals surface area (Å²) in [7, 11) is -3.50. The van der Waals surface area contributed by atoms with Crippen LogP contribution >= 0.6 is 12.4 Å². The van der Waals surface area contributed by atoms with Crippen molar-refractivity contribution in [2.75, 3.05) is 13.1 Å². The average molecular weight is 281 g/mol. The lowest BCUT2D eigenvalue weighted by Crippen LogP contribution is -2.31. The van der Waals surface area contributed by atoms with Gasteiger partial charge in [0.1, 0.15) is 5.82 Å². The molecule has 17 heavy (non-hydrogen) atoms. The zero-order valence-electron chi connectivity index (χ0n) is 9.04. The molecule has 1 aliphatic heterocycles. The van der Waals surface area contributed by atoms with Crippen molar-refractivity contribution < 1.29 is 12.8 Å². The van der Waals surface area contributed by atoms with Gasteiger partial charge in [0.2, 0.25) is 10.0 Å². The molecule has 0 spiro atoms. The van der Waals surface area contributed by atoms with E-state index < -0.39 is 15.8 Å². The normalized spacial score (nSPS) is 21.2. The standard InChI is InChI=1S/C10H13FN2O2S.ClH/c11-8-1-3-10(4-2-8)16(14,15)13-6-5-9(12)7-13;/h1-4,9H,5-7,12H2;1H. The van der Waals surface area contributed by atoms with Gasteiger partial charge in [0.15, 0.2) is 0 Å². The van der Waals surface area contributed by atoms with Crippen LogP contribution in [0.4, 0.5) is 4.39 Å². The third-order valence-electron chi connectivity index (χ3n) is 2.64. The van der Waals surface area contributed by atoms with Gasteiger partial charge in [-0.05, 0) is 30.7 Å². The number of hydrogen-bond donors (Lipinski definition) is 1. The minimum atomic E-state index is -3.50. The minimum Gasteiger partial charge on any atom is -0.326 e. The van der Waals surface area contributed by atoms with Crippen molar-refractivity contribution in [3.05, 3.63) is 30.1 Å². The van der Waals surface area contributed by atoms with Crippen LogP contribution < -0.4 is 5.73 Å². The van der Waals surface area contributed by atoms with Crippen LogP contribution in [-0.2, 0) is 10.0 Å². The monoisotopic (exact) mass is 280 g/mol. The van der Waals surface area contributed by atoms with Gasteiger partial charge in [0.25, 0.3) is 0 Å². The predicted molar refractivity (Wildman–Crippen MR) is 65.0 cm³/mol. The Morgan fingerprint density at radius 3 is 2.35 bits per heavy atom. The maximum absolute atomic E-state index is 12.7. The Kier molecular flexibility index (Phi) is 4.48. The van der Waals surface area contributed by atoms with E-state index in [4.69, 9.17) is 5.73 Å². The number of halogens is 2. The molecule has 0 aliphatic carbocycles. The summed E-state index contributed by atoms with van der Waals surface area (Å²) in [5, 5.41) is 0. The van der Waals surface area contributed by atoms with Gasteiger partial charge in [-0.25, -0.2) is 12.8 Å². The molecule has 0 radical (unpaired) electrons. The van der Waals surface area contributed by atoms with Crippen LogP contribution in [0, 0.1) is 5.82 Å². The van der Waals surface area contributed by atoms with Gasteiger partial charge in [-0.1, -0.05) is 0 Å². The first kappa shape index (κ1) is 14.4. The largest absolute Gasteiger partial charge is 0.326 e. The van der Waals surface area contributed by atoms with E-state index in [0.717, 1.165) is 12.1 Å². The van der Waals surface area contributed by atoms with E-state index in [2.05, 4.69) is 0 Å². The smallest absolute Gasteiger partial charge is 0.243 e. The van der Waals surface area contributed by atoms with E-state index in [1.165, 1.54) is 16.4 Å². The molecule has 1 unspecified atom stereocenters. The molecule has 0 bridgehead atoms. The molecule has 1 aromatic carbocycles. The Balaban J connectivity index is 0.00000144. The van der Waals surface area contributed by atoms with Gasteiger partial charge >= 0.3 is 0 Å². The van der Waals surface area contributed by atoms with E-state index in [1.54, 1.807) is 0 Å². The second kappa shape index (κ2) is 5.30. The molecule has 7 heteroatoms. The van der Waals surface area contributed by atoms with Crippen molar-refractivity contribution in [2.24, 2.45) is 5.73 Å². The summed E-state index contributed by atoms with van der Waals surface area (Å²) >= 11 is 0. The van der Waals surface area contributed by atoms with Crippen LogP contribution in [0.25, 0.3) is 0 Å². The SMILES string of the molecule is Cl.NC1CCN(S(=O)(=O)c2ccc(F)cc2)C1. The van der Waals surface area contributed by atoms with E-state index in [1.807, 2.05) is 0 Å². The summed E-state index contributed by atoms with van der Waals surface area (Å²) in [4.78, 5) is 0.114. The van der Waals surface area contributed by atoms with E-state index in [-0.39, 0.29) is 23.3 Å². The Morgan fingerprint density at radius 1 is 1.29 bits per heavy atom. The molecular formula is C10H14ClFN2O2S. The van der Waals surface area contributed by atoms with Gasteiger partial charge < -0.3 is 5.73 Å². The zero-order valence-corrected chi connectivity index (χ0v) is 10.7. The van der Waals surface area contributed by atoms with E-state index in [9.17, 15) is 12.8 Å². The van der Waals surface area contributed by atoms with Crippen molar-refractivity contribution in [3.8, 4) is 0 Å². The highest BCUT2D eigenvalue weighted by Gasteiger charge is 2.30. The number of hydrogen-bond acceptors (Lipinski definition) is 3. The number of rotatable bonds is 2. The summed E-state index contributed by atoms with van der Waals surface area (Å²) in [5.41, 5.74) is 5.66. The fourth-order valence-electron chi connectivity index (χ4n) is 1.73. The molecule has 1 fully saturated rings. The van der Waals surface area contributed by atoms with E-state index in [0.29, 0.717) is 19.5 Å². The molecule has 0 aromatic heterocycles. The first-order chi connectivity index (χ1) is 7.50. The molecule has 1 atom stereocenters. The molecular weight excluding hydrogens is 267 g/mol. The van der Waals surface area contributed by atoms with Crippen molar-refractivity contribution in [1.82, 2.24) is 4.31 Å². The van der Waals surface area contributed by atoms with Gasteiger partial charge in [0.05, 0.1) is 4.90 Å². The second-order valence-electron chi connectivity index (χ2n) is 3.87. The highest BCUT2D eigenvalue weighted by molar-refractivity contribution is 7.89. The van der Waals surface area contributed by atoms with Gasteiger partial charge in [-0.3, -0.25) is 0 Å². The fourth-order valence-corrected chi connectivity index (χ4v) is 3.24. The van der Waals surface area contributed by atoms with Crippen LogP contribution in [0.15, 0.2) is 29.2 Å². The van der Waals surface area contributed by atoms with Crippen molar-refractivity contribution in [1.29, 1.82) is 0 Å². The molecule has 4 nitrogen and oxygen atoms in total. The lowest BCUT2D eigenvalue weighted by atomic mass is 10.3. The third-order valence-corrected chi connectivity index (χ3v) is 4.52. The number of nitrogens with two attached hydrogens (primary N) is 1. The Labute approximate surface area is 106 Å². The van der Waals surface area contributed by atoms with Gasteiger partial charge in [-0.2, -0.15) is 4.31 Å². The summed E-state index contributed by atoms with van der Waals surface area (Å²) in [6.07, 6.45) is 0.667. The molecule has 1 aliphatic rings. The molecule has 0 amide bonds. The topological polar surface area (TPSA) is 63.4 Å². The second-order valence-corrected chi connectivity index (χ2v) is 5.80. The van der Waals surface area contributed by atoms with Crippen LogP contribution in [0.2, 0.25) is 0 Å². The lowest BCUT2D eigenvalue weighted by Gasteiger charge is -2.15. The molecule has 2 rings (SSSR count). The summed E-state index contributed by atoms with van der Waals surface area (Å²) in [6.45, 7) is 0.764. The van der Waals surface area contributed by atoms with Gasteiger partial charge in [-0.15, -0.1) is 12.4 Å². The lowest BCUT2D eigenvalue weighted by molar-refractivity contribution is 0.472. The molecule has 1 aromatic rings. The number of nitrogens with zero attached hydrogens (tertiary/aromatic N) is 1. The number of sulfonamides is 1. The predicted octanol–water partition coefficient (Wildman–Crippen LogP) is 0.969. The summed E-state index contributed by atoms with van der Waals surface area (Å²) in [6, 6.07) is 4.73. The van der Waals surface area contributed by atoms with Crippen LogP contribution in [0.1, 0.15) is 6.42 Å². The third kappa shape index (κ3) is 2.95. The van der Waals surface area contributed by atoms with Gasteiger partial charge in [0, 0.05) is 19.1 Å². The Hall–Kier alpha value is -0.690. The quantitative estimate of drug-likeness (QED) is 0.878. The molecule has 1 heterocycles. The highest BCUT2D eigenvalue weighted by Crippen LogP contribution is 2.20. The maximum Gasteiger partial charge on any atom is 0.243 e. The molecule has 0 saturated carbocycles. The van der Waals surface area contributed by atoms with Crippen molar-refractivity contribution in [2.45, 2.75) is 17.4 Å². The maximum atomic E-state index is 12.7. The van der Waals surface area contributed by atoms with Crippen molar-refractivity contribution in [3.63, 3.8) is 0 Å².